The molecule has 0 fully saturated rings. The third-order valence-electron chi connectivity index (χ3n) is 0.169. The van der Waals surface area contributed by atoms with Gasteiger partial charge in [-0.3, -0.25) is 0 Å². The van der Waals surface area contributed by atoms with Crippen molar-refractivity contribution in [2.24, 2.45) is 5.73 Å². The average molecular weight is 170 g/mol. The molecule has 6 heavy (non-hydrogen) atoms. The summed E-state index contributed by atoms with van der Waals surface area (Å²) in [7, 11) is 0. The van der Waals surface area contributed by atoms with Crippen molar-refractivity contribution >= 4 is 28.3 Å². The van der Waals surface area contributed by atoms with Crippen molar-refractivity contribution in [3.8, 4) is 10.8 Å². The highest BCUT2D eigenvalue weighted by molar-refractivity contribution is 9.12. The van der Waals surface area contributed by atoms with Crippen LogP contribution in [0.5, 0.6) is 0 Å². The van der Waals surface area contributed by atoms with Crippen molar-refractivity contribution in [1.29, 1.82) is 0 Å². The topological polar surface area (TPSA) is 26.0 Å². The lowest BCUT2D eigenvalue weighted by Gasteiger charge is -1.59. The Morgan fingerprint density at radius 2 is 2.17 bits per heavy atom. The van der Waals surface area contributed by atoms with Crippen LogP contribution < -0.4 is 5.73 Å². The molecule has 0 aliphatic heterocycles. The van der Waals surface area contributed by atoms with E-state index in [9.17, 15) is 0 Å². The van der Waals surface area contributed by atoms with E-state index in [1.165, 1.54) is 0 Å². The molecule has 0 bridgehead atoms. The van der Waals surface area contributed by atoms with E-state index in [0.29, 0.717) is 6.54 Å². The fraction of sp³-hybridized carbons (Fsp3) is 0.333. The largest absolute Gasteiger partial charge is 0.320 e. The van der Waals surface area contributed by atoms with Crippen LogP contribution >= 0.6 is 28.3 Å². The Kier molecular flexibility index (Phi) is 14.3. The summed E-state index contributed by atoms with van der Waals surface area (Å²) in [5.74, 6) is 2.56. The number of halogens is 2. The quantitative estimate of drug-likeness (QED) is 0.533. The van der Waals surface area contributed by atoms with Crippen molar-refractivity contribution < 1.29 is 0 Å². The van der Waals surface area contributed by atoms with Crippen LogP contribution in [0.2, 0.25) is 0 Å². The van der Waals surface area contributed by atoms with Gasteiger partial charge in [-0.05, 0) is 4.83 Å². The summed E-state index contributed by atoms with van der Waals surface area (Å²) >= 11 is 2.87. The second-order valence-electron chi connectivity index (χ2n) is 0.475. The predicted octanol–water partition coefficient (Wildman–Crippen LogP) is 0.723. The molecule has 0 aromatic rings. The molecule has 0 heterocycles. The summed E-state index contributed by atoms with van der Waals surface area (Å²) in [5.41, 5.74) is 4.94. The maximum Gasteiger partial charge on any atom is 0.0560 e. The monoisotopic (exact) mass is 169 g/mol. The highest BCUT2D eigenvalue weighted by Crippen LogP contribution is 1.63. The molecule has 0 aromatic carbocycles. The molecule has 0 aliphatic rings. The molecule has 0 saturated carbocycles. The molecule has 0 rings (SSSR count). The molecule has 0 radical (unpaired) electrons. The fourth-order valence-corrected chi connectivity index (χ4v) is 0.200. The van der Waals surface area contributed by atoms with Crippen molar-refractivity contribution in [1.82, 2.24) is 0 Å². The van der Waals surface area contributed by atoms with Gasteiger partial charge in [0.1, 0.15) is 0 Å². The maximum atomic E-state index is 4.94. The summed E-state index contributed by atoms with van der Waals surface area (Å²) in [6, 6.07) is 0. The van der Waals surface area contributed by atoms with E-state index in [1.807, 2.05) is 0 Å². The Bertz CT molecular complexity index is 62.9. The first-order chi connectivity index (χ1) is 2.41. The Balaban J connectivity index is 0. The van der Waals surface area contributed by atoms with Crippen LogP contribution in [0.25, 0.3) is 0 Å². The average Bonchev–Trinajstić information content (AvgIpc) is 1.41. The van der Waals surface area contributed by atoms with Gasteiger partial charge in [0, 0.05) is 15.9 Å². The number of hydrogen-bond donors (Lipinski definition) is 1. The van der Waals surface area contributed by atoms with E-state index in [0.717, 1.165) is 0 Å². The molecule has 0 saturated heterocycles. The highest BCUT2D eigenvalue weighted by Gasteiger charge is 1.48. The predicted molar refractivity (Wildman–Crippen MR) is 33.0 cm³/mol. The van der Waals surface area contributed by atoms with Crippen molar-refractivity contribution in [3.63, 3.8) is 0 Å². The van der Waals surface area contributed by atoms with E-state index in [4.69, 9.17) is 5.73 Å². The first kappa shape index (κ1) is 9.56. The lowest BCUT2D eigenvalue weighted by atomic mass is 10.7. The SMILES string of the molecule is Cl.NCC#CBr. The molecule has 36 valence electrons. The Morgan fingerprint density at radius 3 is 2.17 bits per heavy atom. The minimum absolute atomic E-state index is 0. The highest BCUT2D eigenvalue weighted by atomic mass is 79.9. The van der Waals surface area contributed by atoms with E-state index >= 15 is 0 Å². The van der Waals surface area contributed by atoms with E-state index in [2.05, 4.69) is 26.7 Å². The number of rotatable bonds is 0. The van der Waals surface area contributed by atoms with Crippen LogP contribution in [0.3, 0.4) is 0 Å². The zero-order valence-corrected chi connectivity index (χ0v) is 5.47. The van der Waals surface area contributed by atoms with Gasteiger partial charge in [0.2, 0.25) is 0 Å². The zero-order valence-electron chi connectivity index (χ0n) is 3.07. The van der Waals surface area contributed by atoms with Crippen LogP contribution in [0, 0.1) is 10.8 Å². The van der Waals surface area contributed by atoms with Gasteiger partial charge in [-0.1, -0.05) is 5.92 Å². The van der Waals surface area contributed by atoms with Gasteiger partial charge in [0.15, 0.2) is 0 Å². The lowest BCUT2D eigenvalue weighted by molar-refractivity contribution is 1.30. The maximum absolute atomic E-state index is 4.94. The number of nitrogens with two attached hydrogens (primary N) is 1. The van der Waals surface area contributed by atoms with Gasteiger partial charge in [0.25, 0.3) is 0 Å². The zero-order chi connectivity index (χ0) is 4.12. The molecule has 2 N–H and O–H groups in total. The van der Waals surface area contributed by atoms with Crippen molar-refractivity contribution in [3.05, 3.63) is 0 Å². The minimum Gasteiger partial charge on any atom is -0.320 e. The van der Waals surface area contributed by atoms with E-state index in [-0.39, 0.29) is 12.4 Å². The molecule has 0 aromatic heterocycles. The van der Waals surface area contributed by atoms with Gasteiger partial charge in [-0.15, -0.1) is 12.4 Å². The van der Waals surface area contributed by atoms with Crippen LogP contribution in [-0.2, 0) is 0 Å². The van der Waals surface area contributed by atoms with E-state index < -0.39 is 0 Å². The smallest absolute Gasteiger partial charge is 0.0560 e. The van der Waals surface area contributed by atoms with Crippen LogP contribution in [0.1, 0.15) is 0 Å². The molecule has 0 unspecified atom stereocenters. The molecule has 0 aliphatic carbocycles. The molecule has 1 nitrogen and oxygen atoms in total. The Labute approximate surface area is 51.8 Å². The summed E-state index contributed by atoms with van der Waals surface area (Å²) in [6.07, 6.45) is 0. The third-order valence-corrected chi connectivity index (χ3v) is 0.449. The van der Waals surface area contributed by atoms with Crippen LogP contribution in [0.15, 0.2) is 0 Å². The molecule has 3 heteroatoms. The lowest BCUT2D eigenvalue weighted by Crippen LogP contribution is -1.91. The van der Waals surface area contributed by atoms with Gasteiger partial charge in [-0.2, -0.15) is 0 Å². The fourth-order valence-electron chi connectivity index (χ4n) is 0.0386. The molecule has 0 atom stereocenters. The van der Waals surface area contributed by atoms with Gasteiger partial charge in [-0.25, -0.2) is 0 Å². The number of hydrogen-bond acceptors (Lipinski definition) is 1. The first-order valence-electron chi connectivity index (χ1n) is 1.20. The second kappa shape index (κ2) is 8.99. The summed E-state index contributed by atoms with van der Waals surface area (Å²) in [6.45, 7) is 0.436. The van der Waals surface area contributed by atoms with Crippen molar-refractivity contribution in [2.45, 2.75) is 0 Å². The standard InChI is InChI=1S/C3H4BrN.ClH/c4-2-1-3-5;/h3,5H2;1H. The minimum atomic E-state index is 0. The molecule has 0 spiro atoms. The van der Waals surface area contributed by atoms with Crippen LogP contribution in [0.4, 0.5) is 0 Å². The van der Waals surface area contributed by atoms with Gasteiger partial charge >= 0.3 is 0 Å². The van der Waals surface area contributed by atoms with Crippen molar-refractivity contribution in [2.75, 3.05) is 6.54 Å². The molecular weight excluding hydrogens is 165 g/mol. The molecule has 0 amide bonds. The third kappa shape index (κ3) is 8.85. The summed E-state index contributed by atoms with van der Waals surface area (Å²) in [5, 5.41) is 0. The summed E-state index contributed by atoms with van der Waals surface area (Å²) in [4.78, 5) is 2.45. The Hall–Kier alpha value is 0.290. The van der Waals surface area contributed by atoms with Gasteiger partial charge in [0.05, 0.1) is 6.54 Å². The van der Waals surface area contributed by atoms with E-state index in [1.54, 1.807) is 0 Å². The molecular formula is C3H5BrClN. The second-order valence-corrected chi connectivity index (χ2v) is 0.872. The van der Waals surface area contributed by atoms with Gasteiger partial charge < -0.3 is 5.73 Å². The summed E-state index contributed by atoms with van der Waals surface area (Å²) < 4.78 is 0. The van der Waals surface area contributed by atoms with Crippen LogP contribution in [-0.4, -0.2) is 6.54 Å². The Morgan fingerprint density at radius 1 is 1.67 bits per heavy atom. The normalized spacial score (nSPS) is 4.33. The first-order valence-corrected chi connectivity index (χ1v) is 1.99.